The first-order chi connectivity index (χ1) is 10.0. The van der Waals surface area contributed by atoms with E-state index in [0.717, 1.165) is 23.0 Å². The second-order valence-electron chi connectivity index (χ2n) is 5.05. The number of hydrogen-bond acceptors (Lipinski definition) is 1. The zero-order chi connectivity index (χ0) is 15.4. The second-order valence-corrected chi connectivity index (χ2v) is 6.69. The van der Waals surface area contributed by atoms with Crippen molar-refractivity contribution in [3.05, 3.63) is 67.6 Å². The molecule has 0 saturated heterocycles. The second kappa shape index (κ2) is 7.64. The number of nitrogens with one attached hydrogen (secondary N) is 1. The van der Waals surface area contributed by atoms with Gasteiger partial charge in [0.15, 0.2) is 0 Å². The standard InChI is InChI=1S/C17H18BrCl2N/c1-3-21-16(13-8-7-11(2)9-14(13)18)10-12-5-4-6-15(19)17(12)20/h4-9,16,21H,3,10H2,1-2H3. The monoisotopic (exact) mass is 385 g/mol. The van der Waals surface area contributed by atoms with Crippen molar-refractivity contribution in [2.45, 2.75) is 26.3 Å². The van der Waals surface area contributed by atoms with Gasteiger partial charge >= 0.3 is 0 Å². The first-order valence-corrected chi connectivity index (χ1v) is 8.50. The average Bonchev–Trinajstić information content (AvgIpc) is 2.43. The van der Waals surface area contributed by atoms with Crippen LogP contribution in [0.1, 0.15) is 29.7 Å². The fourth-order valence-electron chi connectivity index (χ4n) is 2.38. The van der Waals surface area contributed by atoms with Gasteiger partial charge in [0.2, 0.25) is 0 Å². The number of likely N-dealkylation sites (N-methyl/N-ethyl adjacent to an activating group) is 1. The summed E-state index contributed by atoms with van der Waals surface area (Å²) in [6, 6.07) is 12.4. The fraction of sp³-hybridized carbons (Fsp3) is 0.294. The number of halogens is 3. The number of aryl methyl sites for hydroxylation is 1. The third-order valence-corrected chi connectivity index (χ3v) is 4.98. The molecule has 1 nitrogen and oxygen atoms in total. The Morgan fingerprint density at radius 1 is 1.19 bits per heavy atom. The van der Waals surface area contributed by atoms with Gasteiger partial charge in [-0.3, -0.25) is 0 Å². The van der Waals surface area contributed by atoms with Crippen molar-refractivity contribution in [2.24, 2.45) is 0 Å². The lowest BCUT2D eigenvalue weighted by Crippen LogP contribution is -2.23. The van der Waals surface area contributed by atoms with E-state index in [-0.39, 0.29) is 6.04 Å². The Labute approximate surface area is 144 Å². The Balaban J connectivity index is 2.33. The molecule has 0 aliphatic rings. The molecular weight excluding hydrogens is 369 g/mol. The van der Waals surface area contributed by atoms with Gasteiger partial charge in [-0.2, -0.15) is 0 Å². The van der Waals surface area contributed by atoms with E-state index in [2.05, 4.69) is 53.3 Å². The highest BCUT2D eigenvalue weighted by Crippen LogP contribution is 2.32. The summed E-state index contributed by atoms with van der Waals surface area (Å²) in [7, 11) is 0. The van der Waals surface area contributed by atoms with Gasteiger partial charge in [0.1, 0.15) is 0 Å². The van der Waals surface area contributed by atoms with Crippen LogP contribution in [0.3, 0.4) is 0 Å². The molecule has 21 heavy (non-hydrogen) atoms. The molecule has 0 aliphatic heterocycles. The molecule has 0 saturated carbocycles. The molecule has 0 aliphatic carbocycles. The summed E-state index contributed by atoms with van der Waals surface area (Å²) in [6.07, 6.45) is 0.800. The predicted molar refractivity (Wildman–Crippen MR) is 95.5 cm³/mol. The third kappa shape index (κ3) is 4.23. The van der Waals surface area contributed by atoms with Crippen LogP contribution in [0.5, 0.6) is 0 Å². The Morgan fingerprint density at radius 2 is 1.95 bits per heavy atom. The van der Waals surface area contributed by atoms with Crippen LogP contribution in [-0.4, -0.2) is 6.54 Å². The highest BCUT2D eigenvalue weighted by atomic mass is 79.9. The number of rotatable bonds is 5. The quantitative estimate of drug-likeness (QED) is 0.668. The van der Waals surface area contributed by atoms with Crippen molar-refractivity contribution >= 4 is 39.1 Å². The molecule has 2 aromatic rings. The van der Waals surface area contributed by atoms with E-state index in [1.54, 1.807) is 0 Å². The molecule has 2 rings (SSSR count). The lowest BCUT2D eigenvalue weighted by Gasteiger charge is -2.21. The van der Waals surface area contributed by atoms with Crippen LogP contribution in [0.4, 0.5) is 0 Å². The predicted octanol–water partition coefficient (Wildman–Crippen LogP) is 5.96. The molecule has 0 spiro atoms. The highest BCUT2D eigenvalue weighted by molar-refractivity contribution is 9.10. The summed E-state index contributed by atoms with van der Waals surface area (Å²) in [6.45, 7) is 5.09. The van der Waals surface area contributed by atoms with Gasteiger partial charge in [-0.1, -0.05) is 70.3 Å². The molecule has 0 heterocycles. The van der Waals surface area contributed by atoms with Crippen molar-refractivity contribution in [1.29, 1.82) is 0 Å². The van der Waals surface area contributed by atoms with E-state index < -0.39 is 0 Å². The minimum atomic E-state index is 0.195. The van der Waals surface area contributed by atoms with Crippen LogP contribution in [0, 0.1) is 6.92 Å². The molecule has 1 atom stereocenters. The van der Waals surface area contributed by atoms with Crippen LogP contribution in [0.25, 0.3) is 0 Å². The molecule has 0 amide bonds. The van der Waals surface area contributed by atoms with Gasteiger partial charge < -0.3 is 5.32 Å². The Morgan fingerprint density at radius 3 is 2.62 bits per heavy atom. The van der Waals surface area contributed by atoms with E-state index in [1.807, 2.05) is 18.2 Å². The minimum Gasteiger partial charge on any atom is -0.310 e. The topological polar surface area (TPSA) is 12.0 Å². The van der Waals surface area contributed by atoms with Crippen LogP contribution >= 0.6 is 39.1 Å². The zero-order valence-electron chi connectivity index (χ0n) is 12.1. The smallest absolute Gasteiger partial charge is 0.0624 e. The van der Waals surface area contributed by atoms with Crippen molar-refractivity contribution in [3.8, 4) is 0 Å². The van der Waals surface area contributed by atoms with Crippen molar-refractivity contribution in [3.63, 3.8) is 0 Å². The molecule has 112 valence electrons. The Hall–Kier alpha value is -0.540. The molecule has 0 radical (unpaired) electrons. The van der Waals surface area contributed by atoms with Gasteiger partial charge in [0.05, 0.1) is 10.0 Å². The number of hydrogen-bond donors (Lipinski definition) is 1. The maximum atomic E-state index is 6.32. The molecule has 0 aromatic heterocycles. The van der Waals surface area contributed by atoms with Gasteiger partial charge in [0.25, 0.3) is 0 Å². The fourth-order valence-corrected chi connectivity index (χ4v) is 3.55. The minimum absolute atomic E-state index is 0.195. The van der Waals surface area contributed by atoms with E-state index in [4.69, 9.17) is 23.2 Å². The van der Waals surface area contributed by atoms with E-state index >= 15 is 0 Å². The Bertz CT molecular complexity index is 628. The molecular formula is C17H18BrCl2N. The molecule has 4 heteroatoms. The van der Waals surface area contributed by atoms with Gasteiger partial charge in [-0.25, -0.2) is 0 Å². The van der Waals surface area contributed by atoms with Crippen LogP contribution in [0.15, 0.2) is 40.9 Å². The summed E-state index contributed by atoms with van der Waals surface area (Å²) in [5.41, 5.74) is 3.53. The summed E-state index contributed by atoms with van der Waals surface area (Å²) >= 11 is 16.1. The van der Waals surface area contributed by atoms with E-state index in [0.29, 0.717) is 10.0 Å². The SMILES string of the molecule is CCNC(Cc1cccc(Cl)c1Cl)c1ccc(C)cc1Br. The van der Waals surface area contributed by atoms with Gasteiger partial charge in [-0.05, 0) is 48.7 Å². The van der Waals surface area contributed by atoms with Crippen molar-refractivity contribution in [2.75, 3.05) is 6.54 Å². The van der Waals surface area contributed by atoms with Crippen LogP contribution in [-0.2, 0) is 6.42 Å². The van der Waals surface area contributed by atoms with Crippen LogP contribution in [0.2, 0.25) is 10.0 Å². The van der Waals surface area contributed by atoms with Crippen LogP contribution < -0.4 is 5.32 Å². The average molecular weight is 387 g/mol. The summed E-state index contributed by atoms with van der Waals surface area (Å²) in [5, 5.41) is 4.77. The maximum Gasteiger partial charge on any atom is 0.0624 e. The molecule has 2 aromatic carbocycles. The van der Waals surface area contributed by atoms with Gasteiger partial charge in [-0.15, -0.1) is 0 Å². The summed E-state index contributed by atoms with van der Waals surface area (Å²) < 4.78 is 1.12. The lowest BCUT2D eigenvalue weighted by molar-refractivity contribution is 0.548. The van der Waals surface area contributed by atoms with Crippen molar-refractivity contribution < 1.29 is 0 Å². The van der Waals surface area contributed by atoms with Gasteiger partial charge in [0, 0.05) is 10.5 Å². The largest absolute Gasteiger partial charge is 0.310 e. The molecule has 1 N–H and O–H groups in total. The van der Waals surface area contributed by atoms with E-state index in [9.17, 15) is 0 Å². The lowest BCUT2D eigenvalue weighted by atomic mass is 9.98. The molecule has 0 bridgehead atoms. The first kappa shape index (κ1) is 16.8. The highest BCUT2D eigenvalue weighted by Gasteiger charge is 2.16. The summed E-state index contributed by atoms with van der Waals surface area (Å²) in [5.74, 6) is 0. The van der Waals surface area contributed by atoms with E-state index in [1.165, 1.54) is 11.1 Å². The first-order valence-electron chi connectivity index (χ1n) is 6.95. The summed E-state index contributed by atoms with van der Waals surface area (Å²) in [4.78, 5) is 0. The zero-order valence-corrected chi connectivity index (χ0v) is 15.2. The normalized spacial score (nSPS) is 12.4. The Kier molecular flexibility index (Phi) is 6.12. The van der Waals surface area contributed by atoms with Crippen molar-refractivity contribution in [1.82, 2.24) is 5.32 Å². The molecule has 1 unspecified atom stereocenters. The molecule has 0 fully saturated rings. The number of benzene rings is 2. The maximum absolute atomic E-state index is 6.32. The third-order valence-electron chi connectivity index (χ3n) is 3.44.